The van der Waals surface area contributed by atoms with Gasteiger partial charge in [0.25, 0.3) is 0 Å². The van der Waals surface area contributed by atoms with Crippen molar-refractivity contribution in [3.8, 4) is 0 Å². The van der Waals surface area contributed by atoms with Crippen LogP contribution in [-0.4, -0.2) is 24.9 Å². The molecule has 23 heavy (non-hydrogen) atoms. The van der Waals surface area contributed by atoms with Crippen LogP contribution in [-0.2, 0) is 16.0 Å². The summed E-state index contributed by atoms with van der Waals surface area (Å²) in [5.41, 5.74) is 0.933. The molecule has 1 saturated heterocycles. The monoisotopic (exact) mass is 341 g/mol. The van der Waals surface area contributed by atoms with Crippen LogP contribution in [0, 0.1) is 11.2 Å². The quantitative estimate of drug-likeness (QED) is 0.774. The lowest BCUT2D eigenvalue weighted by Crippen LogP contribution is -2.46. The lowest BCUT2D eigenvalue weighted by atomic mass is 9.82. The smallest absolute Gasteiger partial charge is 0.231 e. The average molecular weight is 342 g/mol. The van der Waals surface area contributed by atoms with Crippen LogP contribution >= 0.6 is 12.4 Å². The predicted octanol–water partition coefficient (Wildman–Crippen LogP) is 2.46. The maximum absolute atomic E-state index is 14.2. The van der Waals surface area contributed by atoms with Crippen molar-refractivity contribution in [2.45, 2.75) is 32.6 Å². The number of carbonyl (C=O) groups is 2. The molecule has 0 aromatic heterocycles. The van der Waals surface area contributed by atoms with Crippen LogP contribution in [0.25, 0.3) is 0 Å². The molecule has 1 atom stereocenters. The van der Waals surface area contributed by atoms with Gasteiger partial charge in [0.2, 0.25) is 11.8 Å². The number of hydrogen-bond donors (Lipinski definition) is 3. The molecular formula is C16H21ClFN3O2. The van der Waals surface area contributed by atoms with Crippen LogP contribution in [0.1, 0.15) is 31.7 Å². The van der Waals surface area contributed by atoms with Crippen molar-refractivity contribution in [3.63, 3.8) is 0 Å². The molecule has 0 bridgehead atoms. The number of nitrogens with one attached hydrogen (secondary N) is 3. The topological polar surface area (TPSA) is 70.2 Å². The number of benzene rings is 1. The molecule has 0 saturated carbocycles. The highest BCUT2D eigenvalue weighted by Crippen LogP contribution is 2.31. The SMILES string of the molecule is CC1(C(=O)Nc2cc3c(cc2F)CCC(=O)N3)CCCNC1.Cl. The highest BCUT2D eigenvalue weighted by molar-refractivity contribution is 5.98. The van der Waals surface area contributed by atoms with E-state index in [4.69, 9.17) is 0 Å². The summed E-state index contributed by atoms with van der Waals surface area (Å²) in [7, 11) is 0. The fraction of sp³-hybridized carbons (Fsp3) is 0.500. The van der Waals surface area contributed by atoms with Crippen LogP contribution in [0.5, 0.6) is 0 Å². The molecule has 0 aliphatic carbocycles. The molecule has 2 aliphatic heterocycles. The summed E-state index contributed by atoms with van der Waals surface area (Å²) in [5.74, 6) is -0.740. The summed E-state index contributed by atoms with van der Waals surface area (Å²) in [6.07, 6.45) is 2.58. The number of anilines is 2. The van der Waals surface area contributed by atoms with E-state index in [0.29, 0.717) is 25.1 Å². The molecule has 1 unspecified atom stereocenters. The molecule has 1 aromatic rings. The minimum Gasteiger partial charge on any atom is -0.326 e. The van der Waals surface area contributed by atoms with E-state index in [9.17, 15) is 14.0 Å². The van der Waals surface area contributed by atoms with Gasteiger partial charge in [0, 0.05) is 18.7 Å². The van der Waals surface area contributed by atoms with Crippen LogP contribution in [0.2, 0.25) is 0 Å². The van der Waals surface area contributed by atoms with Gasteiger partial charge in [-0.15, -0.1) is 12.4 Å². The molecule has 5 nitrogen and oxygen atoms in total. The summed E-state index contributed by atoms with van der Waals surface area (Å²) in [4.78, 5) is 23.9. The van der Waals surface area contributed by atoms with E-state index in [1.54, 1.807) is 0 Å². The van der Waals surface area contributed by atoms with Crippen molar-refractivity contribution in [2.75, 3.05) is 23.7 Å². The standard InChI is InChI=1S/C16H20FN3O2.ClH/c1-16(5-2-6-18-9-16)15(22)20-13-8-12-10(7-11(13)17)3-4-14(21)19-12;/h7-8,18H,2-6,9H2,1H3,(H,19,21)(H,20,22);1H. The van der Waals surface area contributed by atoms with Crippen molar-refractivity contribution >= 4 is 35.6 Å². The molecule has 0 radical (unpaired) electrons. The van der Waals surface area contributed by atoms with Crippen molar-refractivity contribution in [3.05, 3.63) is 23.5 Å². The van der Waals surface area contributed by atoms with Gasteiger partial charge in [0.05, 0.1) is 11.1 Å². The zero-order valence-electron chi connectivity index (χ0n) is 13.0. The highest BCUT2D eigenvalue weighted by atomic mass is 35.5. The van der Waals surface area contributed by atoms with Crippen molar-refractivity contribution in [2.24, 2.45) is 5.41 Å². The largest absolute Gasteiger partial charge is 0.326 e. The second kappa shape index (κ2) is 6.84. The van der Waals surface area contributed by atoms with Gasteiger partial charge in [-0.2, -0.15) is 0 Å². The number of halogens is 2. The zero-order chi connectivity index (χ0) is 15.7. The van der Waals surface area contributed by atoms with Crippen molar-refractivity contribution in [1.82, 2.24) is 5.32 Å². The number of carbonyl (C=O) groups excluding carboxylic acids is 2. The van der Waals surface area contributed by atoms with E-state index in [-0.39, 0.29) is 29.9 Å². The third-order valence-electron chi connectivity index (χ3n) is 4.48. The zero-order valence-corrected chi connectivity index (χ0v) is 13.8. The summed E-state index contributed by atoms with van der Waals surface area (Å²) >= 11 is 0. The van der Waals surface area contributed by atoms with Crippen LogP contribution in [0.3, 0.4) is 0 Å². The fourth-order valence-electron chi connectivity index (χ4n) is 3.02. The third kappa shape index (κ3) is 3.64. The Kier molecular flexibility index (Phi) is 5.26. The number of fused-ring (bicyclic) bond motifs is 1. The Morgan fingerprint density at radius 2 is 2.13 bits per heavy atom. The van der Waals surface area contributed by atoms with E-state index in [1.807, 2.05) is 6.92 Å². The first-order valence-corrected chi connectivity index (χ1v) is 7.62. The molecule has 7 heteroatoms. The molecule has 0 spiro atoms. The number of rotatable bonds is 2. The molecule has 2 aliphatic rings. The molecule has 3 rings (SSSR count). The molecule has 1 aromatic carbocycles. The first-order valence-electron chi connectivity index (χ1n) is 7.62. The molecule has 126 valence electrons. The van der Waals surface area contributed by atoms with Gasteiger partial charge in [-0.25, -0.2) is 4.39 Å². The van der Waals surface area contributed by atoms with Gasteiger partial charge in [0.15, 0.2) is 0 Å². The Morgan fingerprint density at radius 1 is 1.35 bits per heavy atom. The Bertz CT molecular complexity index is 630. The minimum absolute atomic E-state index is 0. The molecule has 2 amide bonds. The van der Waals surface area contributed by atoms with Gasteiger partial charge >= 0.3 is 0 Å². The Balaban J connectivity index is 0.00000192. The maximum atomic E-state index is 14.2. The summed E-state index contributed by atoms with van der Waals surface area (Å²) in [5, 5.41) is 8.60. The van der Waals surface area contributed by atoms with Crippen molar-refractivity contribution in [1.29, 1.82) is 0 Å². The predicted molar refractivity (Wildman–Crippen MR) is 89.4 cm³/mol. The van der Waals surface area contributed by atoms with Gasteiger partial charge in [-0.1, -0.05) is 0 Å². The van der Waals surface area contributed by atoms with E-state index < -0.39 is 11.2 Å². The Hall–Kier alpha value is -1.66. The van der Waals surface area contributed by atoms with Crippen LogP contribution in [0.4, 0.5) is 15.8 Å². The van der Waals surface area contributed by atoms with Crippen LogP contribution < -0.4 is 16.0 Å². The summed E-state index contributed by atoms with van der Waals surface area (Å²) in [6.45, 7) is 3.37. The minimum atomic E-state index is -0.538. The molecular weight excluding hydrogens is 321 g/mol. The van der Waals surface area contributed by atoms with Gasteiger partial charge in [0.1, 0.15) is 5.82 Å². The first-order chi connectivity index (χ1) is 10.5. The summed E-state index contributed by atoms with van der Waals surface area (Å²) in [6, 6.07) is 2.91. The van der Waals surface area contributed by atoms with E-state index in [0.717, 1.165) is 24.9 Å². The second-order valence-electron chi connectivity index (χ2n) is 6.33. The average Bonchev–Trinajstić information content (AvgIpc) is 2.49. The number of amides is 2. The number of hydrogen-bond acceptors (Lipinski definition) is 3. The first kappa shape index (κ1) is 17.7. The van der Waals surface area contributed by atoms with Crippen molar-refractivity contribution < 1.29 is 14.0 Å². The lowest BCUT2D eigenvalue weighted by molar-refractivity contribution is -0.125. The number of aryl methyl sites for hydroxylation is 1. The second-order valence-corrected chi connectivity index (χ2v) is 6.33. The van der Waals surface area contributed by atoms with Gasteiger partial charge in [-0.05, 0) is 50.4 Å². The molecule has 3 N–H and O–H groups in total. The Labute approximate surface area is 140 Å². The maximum Gasteiger partial charge on any atom is 0.231 e. The van der Waals surface area contributed by atoms with Gasteiger partial charge in [-0.3, -0.25) is 9.59 Å². The van der Waals surface area contributed by atoms with Crippen LogP contribution in [0.15, 0.2) is 12.1 Å². The lowest BCUT2D eigenvalue weighted by Gasteiger charge is -2.32. The highest BCUT2D eigenvalue weighted by Gasteiger charge is 2.35. The van der Waals surface area contributed by atoms with E-state index in [2.05, 4.69) is 16.0 Å². The summed E-state index contributed by atoms with van der Waals surface area (Å²) < 4.78 is 14.2. The fourth-order valence-corrected chi connectivity index (χ4v) is 3.02. The molecule has 1 fully saturated rings. The third-order valence-corrected chi connectivity index (χ3v) is 4.48. The Morgan fingerprint density at radius 3 is 2.83 bits per heavy atom. The molecule has 2 heterocycles. The van der Waals surface area contributed by atoms with Gasteiger partial charge < -0.3 is 16.0 Å². The van der Waals surface area contributed by atoms with E-state index in [1.165, 1.54) is 12.1 Å². The van der Waals surface area contributed by atoms with E-state index >= 15 is 0 Å². The normalized spacial score (nSPS) is 23.3. The number of piperidine rings is 1.